The topological polar surface area (TPSA) is 75.0 Å². The summed E-state index contributed by atoms with van der Waals surface area (Å²) in [4.78, 5) is 29.7. The maximum Gasteiger partial charge on any atom is 0.289 e. The fraction of sp³-hybridized carbons (Fsp3) is 0.214. The SMILES string of the molecule is COc1c(C)cccc1C(=O)Nc1ccc(N2CCN(C(=O)c3cc4ccccc4o3)CC2)cc1. The van der Waals surface area contributed by atoms with Crippen LogP contribution in [0.3, 0.4) is 0 Å². The standard InChI is InChI=1S/C28H27N3O4/c1-19-6-5-8-23(26(19)34-2)27(32)29-21-10-12-22(13-11-21)30-14-16-31(17-15-30)28(33)25-18-20-7-3-4-9-24(20)35-25/h3-13,18H,14-17H2,1-2H3,(H,29,32). The Hall–Kier alpha value is -4.26. The smallest absolute Gasteiger partial charge is 0.289 e. The molecule has 1 saturated heterocycles. The van der Waals surface area contributed by atoms with Crippen molar-refractivity contribution in [3.8, 4) is 5.75 Å². The van der Waals surface area contributed by atoms with E-state index in [4.69, 9.17) is 9.15 Å². The molecule has 3 aromatic carbocycles. The Labute approximate surface area is 203 Å². The van der Waals surface area contributed by atoms with E-state index < -0.39 is 0 Å². The van der Waals surface area contributed by atoms with E-state index in [1.807, 2.05) is 78.6 Å². The molecule has 0 spiro atoms. The lowest BCUT2D eigenvalue weighted by atomic mass is 10.1. The average molecular weight is 470 g/mol. The fourth-order valence-corrected chi connectivity index (χ4v) is 4.47. The van der Waals surface area contributed by atoms with Crippen LogP contribution in [0.15, 0.2) is 77.2 Å². The Morgan fingerprint density at radius 1 is 0.914 bits per heavy atom. The second-order valence-electron chi connectivity index (χ2n) is 8.58. The van der Waals surface area contributed by atoms with E-state index in [-0.39, 0.29) is 11.8 Å². The molecular weight excluding hydrogens is 442 g/mol. The lowest BCUT2D eigenvalue weighted by molar-refractivity contribution is 0.0717. The molecule has 1 fully saturated rings. The van der Waals surface area contributed by atoms with E-state index in [2.05, 4.69) is 10.2 Å². The molecule has 0 unspecified atom stereocenters. The molecule has 1 N–H and O–H groups in total. The normalized spacial score (nSPS) is 13.7. The average Bonchev–Trinajstić information content (AvgIpc) is 3.33. The summed E-state index contributed by atoms with van der Waals surface area (Å²) in [5, 5.41) is 3.87. The number of amides is 2. The van der Waals surface area contributed by atoms with Crippen molar-refractivity contribution in [2.75, 3.05) is 43.5 Å². The van der Waals surface area contributed by atoms with Gasteiger partial charge in [-0.05, 0) is 55.0 Å². The lowest BCUT2D eigenvalue weighted by Gasteiger charge is -2.35. The number of aryl methyl sites for hydroxylation is 1. The monoisotopic (exact) mass is 469 g/mol. The number of piperazine rings is 1. The van der Waals surface area contributed by atoms with Gasteiger partial charge in [-0.2, -0.15) is 0 Å². The molecule has 35 heavy (non-hydrogen) atoms. The van der Waals surface area contributed by atoms with Gasteiger partial charge < -0.3 is 24.3 Å². The molecule has 178 valence electrons. The number of hydrogen-bond donors (Lipinski definition) is 1. The second kappa shape index (κ2) is 9.54. The number of nitrogens with zero attached hydrogens (tertiary/aromatic N) is 2. The number of fused-ring (bicyclic) bond motifs is 1. The molecule has 4 aromatic rings. The molecule has 7 nitrogen and oxygen atoms in total. The minimum Gasteiger partial charge on any atom is -0.496 e. The molecule has 1 aliphatic heterocycles. The van der Waals surface area contributed by atoms with Gasteiger partial charge in [0.15, 0.2) is 5.76 Å². The zero-order chi connectivity index (χ0) is 24.4. The summed E-state index contributed by atoms with van der Waals surface area (Å²) in [6, 6.07) is 22.7. The molecular formula is C28H27N3O4. The zero-order valence-corrected chi connectivity index (χ0v) is 19.8. The number of methoxy groups -OCH3 is 1. The second-order valence-corrected chi connectivity index (χ2v) is 8.58. The number of nitrogens with one attached hydrogen (secondary N) is 1. The quantitative estimate of drug-likeness (QED) is 0.447. The van der Waals surface area contributed by atoms with Gasteiger partial charge in [-0.15, -0.1) is 0 Å². The van der Waals surface area contributed by atoms with Crippen LogP contribution in [0.4, 0.5) is 11.4 Å². The number of para-hydroxylation sites is 2. The van der Waals surface area contributed by atoms with Crippen molar-refractivity contribution < 1.29 is 18.7 Å². The molecule has 0 atom stereocenters. The van der Waals surface area contributed by atoms with Crippen molar-refractivity contribution >= 4 is 34.2 Å². The summed E-state index contributed by atoms with van der Waals surface area (Å²) in [7, 11) is 1.57. The minimum atomic E-state index is -0.212. The molecule has 1 aromatic heterocycles. The van der Waals surface area contributed by atoms with Gasteiger partial charge in [0, 0.05) is 42.9 Å². The van der Waals surface area contributed by atoms with E-state index in [1.165, 1.54) is 0 Å². The Balaban J connectivity index is 1.20. The minimum absolute atomic E-state index is 0.0783. The van der Waals surface area contributed by atoms with Crippen LogP contribution in [0.1, 0.15) is 26.5 Å². The number of rotatable bonds is 5. The van der Waals surface area contributed by atoms with Gasteiger partial charge in [-0.25, -0.2) is 0 Å². The van der Waals surface area contributed by atoms with Gasteiger partial charge in [0.1, 0.15) is 11.3 Å². The van der Waals surface area contributed by atoms with E-state index in [1.54, 1.807) is 13.2 Å². The molecule has 5 rings (SSSR count). The Kier molecular flexibility index (Phi) is 6.14. The third kappa shape index (κ3) is 4.57. The maximum atomic E-state index is 12.9. The fourth-order valence-electron chi connectivity index (χ4n) is 4.47. The first-order valence-electron chi connectivity index (χ1n) is 11.6. The van der Waals surface area contributed by atoms with Gasteiger partial charge in [0.2, 0.25) is 0 Å². The third-order valence-corrected chi connectivity index (χ3v) is 6.35. The van der Waals surface area contributed by atoms with E-state index >= 15 is 0 Å². The highest BCUT2D eigenvalue weighted by molar-refractivity contribution is 6.06. The van der Waals surface area contributed by atoms with Crippen LogP contribution >= 0.6 is 0 Å². The highest BCUT2D eigenvalue weighted by Crippen LogP contribution is 2.26. The molecule has 0 bridgehead atoms. The van der Waals surface area contributed by atoms with Crippen LogP contribution in [-0.2, 0) is 0 Å². The summed E-state index contributed by atoms with van der Waals surface area (Å²) in [5.41, 5.74) is 3.89. The Morgan fingerprint density at radius 2 is 1.66 bits per heavy atom. The number of carbonyl (C=O) groups excluding carboxylic acids is 2. The summed E-state index contributed by atoms with van der Waals surface area (Å²) in [5.74, 6) is 0.670. The molecule has 1 aliphatic rings. The highest BCUT2D eigenvalue weighted by Gasteiger charge is 2.25. The molecule has 0 radical (unpaired) electrons. The Bertz CT molecular complexity index is 1340. The summed E-state index contributed by atoms with van der Waals surface area (Å²) < 4.78 is 11.1. The summed E-state index contributed by atoms with van der Waals surface area (Å²) in [6.07, 6.45) is 0. The van der Waals surface area contributed by atoms with Crippen molar-refractivity contribution in [1.82, 2.24) is 4.90 Å². The van der Waals surface area contributed by atoms with Crippen molar-refractivity contribution in [3.05, 3.63) is 89.7 Å². The first-order chi connectivity index (χ1) is 17.0. The molecule has 2 amide bonds. The first-order valence-corrected chi connectivity index (χ1v) is 11.6. The van der Waals surface area contributed by atoms with Crippen LogP contribution in [0.2, 0.25) is 0 Å². The Morgan fingerprint density at radius 3 is 2.37 bits per heavy atom. The molecule has 0 aliphatic carbocycles. The lowest BCUT2D eigenvalue weighted by Crippen LogP contribution is -2.48. The van der Waals surface area contributed by atoms with Gasteiger partial charge in [0.05, 0.1) is 12.7 Å². The predicted molar refractivity (Wildman–Crippen MR) is 136 cm³/mol. The van der Waals surface area contributed by atoms with E-state index in [9.17, 15) is 9.59 Å². The van der Waals surface area contributed by atoms with Crippen LogP contribution < -0.4 is 15.0 Å². The molecule has 0 saturated carbocycles. The number of carbonyl (C=O) groups is 2. The number of anilines is 2. The van der Waals surface area contributed by atoms with Crippen molar-refractivity contribution in [2.45, 2.75) is 6.92 Å². The summed E-state index contributed by atoms with van der Waals surface area (Å²) >= 11 is 0. The van der Waals surface area contributed by atoms with Crippen LogP contribution in [0.5, 0.6) is 5.75 Å². The van der Waals surface area contributed by atoms with Crippen molar-refractivity contribution in [2.24, 2.45) is 0 Å². The highest BCUT2D eigenvalue weighted by atomic mass is 16.5. The number of benzene rings is 3. The van der Waals surface area contributed by atoms with Crippen molar-refractivity contribution in [3.63, 3.8) is 0 Å². The van der Waals surface area contributed by atoms with Crippen LogP contribution in [-0.4, -0.2) is 50.0 Å². The largest absolute Gasteiger partial charge is 0.496 e. The number of ether oxygens (including phenoxy) is 1. The van der Waals surface area contributed by atoms with Gasteiger partial charge in [-0.3, -0.25) is 9.59 Å². The van der Waals surface area contributed by atoms with E-state index in [0.717, 1.165) is 35.3 Å². The van der Waals surface area contributed by atoms with E-state index in [0.29, 0.717) is 35.9 Å². The zero-order valence-electron chi connectivity index (χ0n) is 19.8. The number of furan rings is 1. The van der Waals surface area contributed by atoms with Crippen LogP contribution in [0, 0.1) is 6.92 Å². The number of hydrogen-bond acceptors (Lipinski definition) is 5. The van der Waals surface area contributed by atoms with Gasteiger partial charge >= 0.3 is 0 Å². The first kappa shape index (κ1) is 22.5. The summed E-state index contributed by atoms with van der Waals surface area (Å²) in [6.45, 7) is 4.58. The predicted octanol–water partition coefficient (Wildman–Crippen LogP) is 4.96. The molecule has 7 heteroatoms. The van der Waals surface area contributed by atoms with Gasteiger partial charge in [0.25, 0.3) is 11.8 Å². The third-order valence-electron chi connectivity index (χ3n) is 6.35. The van der Waals surface area contributed by atoms with Gasteiger partial charge in [-0.1, -0.05) is 30.3 Å². The molecule has 2 heterocycles. The maximum absolute atomic E-state index is 12.9. The van der Waals surface area contributed by atoms with Crippen LogP contribution in [0.25, 0.3) is 11.0 Å². The van der Waals surface area contributed by atoms with Crippen molar-refractivity contribution in [1.29, 1.82) is 0 Å².